The van der Waals surface area contributed by atoms with Crippen LogP contribution in [0.15, 0.2) is 0 Å². The average Bonchev–Trinajstić information content (AvgIpc) is 2.73. The van der Waals surface area contributed by atoms with Crippen molar-refractivity contribution in [3.63, 3.8) is 0 Å². The lowest BCUT2D eigenvalue weighted by Crippen LogP contribution is -2.46. The maximum Gasteiger partial charge on any atom is 0.00940 e. The Kier molecular flexibility index (Phi) is 8.10. The van der Waals surface area contributed by atoms with Gasteiger partial charge in [0, 0.05) is 12.1 Å². The molecular weight excluding hydrogens is 256 g/mol. The van der Waals surface area contributed by atoms with Crippen molar-refractivity contribution in [2.45, 2.75) is 96.6 Å². The van der Waals surface area contributed by atoms with Crippen LogP contribution in [0.3, 0.4) is 0 Å². The molecule has 1 heterocycles. The van der Waals surface area contributed by atoms with Crippen LogP contribution in [-0.2, 0) is 0 Å². The zero-order valence-corrected chi connectivity index (χ0v) is 14.6. The third-order valence-corrected chi connectivity index (χ3v) is 5.67. The highest BCUT2D eigenvalue weighted by atomic mass is 15.1. The van der Waals surface area contributed by atoms with E-state index >= 15 is 0 Å². The van der Waals surface area contributed by atoms with Crippen molar-refractivity contribution in [2.75, 3.05) is 19.6 Å². The maximum absolute atomic E-state index is 4.01. The summed E-state index contributed by atoms with van der Waals surface area (Å²) in [6.45, 7) is 8.61. The van der Waals surface area contributed by atoms with Crippen LogP contribution in [0.25, 0.3) is 0 Å². The molecule has 2 rings (SSSR count). The molecule has 0 aromatic carbocycles. The van der Waals surface area contributed by atoms with Crippen LogP contribution in [-0.4, -0.2) is 36.6 Å². The summed E-state index contributed by atoms with van der Waals surface area (Å²) in [5.41, 5.74) is 0. The molecule has 2 nitrogen and oxygen atoms in total. The molecule has 0 aromatic heterocycles. The number of unbranched alkanes of at least 4 members (excludes halogenated alkanes) is 1. The summed E-state index contributed by atoms with van der Waals surface area (Å²) in [5.74, 6) is 1.03. The summed E-state index contributed by atoms with van der Waals surface area (Å²) in [6, 6.07) is 1.62. The van der Waals surface area contributed by atoms with Crippen molar-refractivity contribution in [2.24, 2.45) is 5.92 Å². The Balaban J connectivity index is 1.64. The fraction of sp³-hybridized carbons (Fsp3) is 1.00. The number of rotatable bonds is 7. The number of nitrogens with zero attached hydrogens (tertiary/aromatic N) is 1. The second kappa shape index (κ2) is 9.84. The predicted octanol–water partition coefficient (Wildman–Crippen LogP) is 4.59. The summed E-state index contributed by atoms with van der Waals surface area (Å²) in [6.07, 6.45) is 15.6. The van der Waals surface area contributed by atoms with Gasteiger partial charge in [-0.05, 0) is 64.1 Å². The molecule has 1 aliphatic carbocycles. The second-order valence-electron chi connectivity index (χ2n) is 7.50. The van der Waals surface area contributed by atoms with E-state index in [1.807, 2.05) is 0 Å². The smallest absolute Gasteiger partial charge is 0.00940 e. The van der Waals surface area contributed by atoms with Crippen molar-refractivity contribution in [3.8, 4) is 0 Å². The van der Waals surface area contributed by atoms with Gasteiger partial charge in [0.05, 0.1) is 0 Å². The Bertz CT molecular complexity index is 258. The molecule has 1 aliphatic heterocycles. The molecule has 2 aliphatic rings. The van der Waals surface area contributed by atoms with Gasteiger partial charge >= 0.3 is 0 Å². The fourth-order valence-corrected chi connectivity index (χ4v) is 4.28. The van der Waals surface area contributed by atoms with E-state index in [4.69, 9.17) is 0 Å². The van der Waals surface area contributed by atoms with Gasteiger partial charge in [-0.1, -0.05) is 46.0 Å². The van der Waals surface area contributed by atoms with Crippen molar-refractivity contribution in [3.05, 3.63) is 0 Å². The Morgan fingerprint density at radius 2 is 1.62 bits per heavy atom. The Morgan fingerprint density at radius 1 is 0.857 bits per heavy atom. The zero-order valence-electron chi connectivity index (χ0n) is 14.6. The van der Waals surface area contributed by atoms with Gasteiger partial charge in [-0.2, -0.15) is 0 Å². The first-order valence-corrected chi connectivity index (χ1v) is 9.80. The molecule has 124 valence electrons. The predicted molar refractivity (Wildman–Crippen MR) is 92.8 cm³/mol. The molecule has 1 N–H and O–H groups in total. The lowest BCUT2D eigenvalue weighted by molar-refractivity contribution is 0.186. The van der Waals surface area contributed by atoms with Crippen LogP contribution < -0.4 is 5.32 Å². The third-order valence-electron chi connectivity index (χ3n) is 5.67. The SMILES string of the molecule is CCCCN1CCC(NC2CCCC(CCC)CC2)CC1. The zero-order chi connectivity index (χ0) is 14.9. The van der Waals surface area contributed by atoms with E-state index in [1.54, 1.807) is 0 Å². The molecule has 21 heavy (non-hydrogen) atoms. The first-order valence-electron chi connectivity index (χ1n) is 9.80. The lowest BCUT2D eigenvalue weighted by atomic mass is 9.95. The van der Waals surface area contributed by atoms with Gasteiger partial charge in [0.1, 0.15) is 0 Å². The van der Waals surface area contributed by atoms with Crippen LogP contribution in [0.4, 0.5) is 0 Å². The second-order valence-corrected chi connectivity index (χ2v) is 7.50. The van der Waals surface area contributed by atoms with Gasteiger partial charge in [0.2, 0.25) is 0 Å². The minimum absolute atomic E-state index is 0.801. The highest BCUT2D eigenvalue weighted by Gasteiger charge is 2.23. The van der Waals surface area contributed by atoms with Crippen LogP contribution in [0.1, 0.15) is 84.5 Å². The molecule has 0 amide bonds. The summed E-state index contributed by atoms with van der Waals surface area (Å²) in [7, 11) is 0. The molecule has 0 radical (unpaired) electrons. The third kappa shape index (κ3) is 6.28. The van der Waals surface area contributed by atoms with Crippen LogP contribution >= 0.6 is 0 Å². The number of piperidine rings is 1. The van der Waals surface area contributed by atoms with Gasteiger partial charge < -0.3 is 10.2 Å². The van der Waals surface area contributed by atoms with Gasteiger partial charge in [0.25, 0.3) is 0 Å². The molecule has 0 spiro atoms. The molecule has 2 fully saturated rings. The van der Waals surface area contributed by atoms with E-state index in [1.165, 1.54) is 90.3 Å². The highest BCUT2D eigenvalue weighted by Crippen LogP contribution is 2.27. The standard InChI is InChI=1S/C19H38N2/c1-3-5-14-21-15-12-19(13-16-21)20-18-9-6-8-17(7-4-2)10-11-18/h17-20H,3-16H2,1-2H3. The average molecular weight is 295 g/mol. The first-order chi connectivity index (χ1) is 10.3. The quantitative estimate of drug-likeness (QED) is 0.691. The van der Waals surface area contributed by atoms with Gasteiger partial charge in [-0.15, -0.1) is 0 Å². The molecule has 0 aromatic rings. The minimum Gasteiger partial charge on any atom is -0.311 e. The Labute approximate surface area is 133 Å². The Morgan fingerprint density at radius 3 is 2.33 bits per heavy atom. The number of hydrogen-bond donors (Lipinski definition) is 1. The maximum atomic E-state index is 4.01. The molecule has 2 atom stereocenters. The van der Waals surface area contributed by atoms with E-state index in [0.29, 0.717) is 0 Å². The van der Waals surface area contributed by atoms with Gasteiger partial charge in [0.15, 0.2) is 0 Å². The highest BCUT2D eigenvalue weighted by molar-refractivity contribution is 4.82. The van der Waals surface area contributed by atoms with E-state index in [9.17, 15) is 0 Å². The van der Waals surface area contributed by atoms with Crippen LogP contribution in [0.5, 0.6) is 0 Å². The van der Waals surface area contributed by atoms with Crippen LogP contribution in [0.2, 0.25) is 0 Å². The largest absolute Gasteiger partial charge is 0.311 e. The van der Waals surface area contributed by atoms with Crippen LogP contribution in [0, 0.1) is 5.92 Å². The van der Waals surface area contributed by atoms with Gasteiger partial charge in [-0.25, -0.2) is 0 Å². The summed E-state index contributed by atoms with van der Waals surface area (Å²) >= 11 is 0. The summed E-state index contributed by atoms with van der Waals surface area (Å²) in [4.78, 5) is 2.67. The Hall–Kier alpha value is -0.0800. The molecule has 1 saturated carbocycles. The van der Waals surface area contributed by atoms with Gasteiger partial charge in [-0.3, -0.25) is 0 Å². The first kappa shape index (κ1) is 17.3. The number of likely N-dealkylation sites (tertiary alicyclic amines) is 1. The molecule has 2 heteroatoms. The number of nitrogens with one attached hydrogen (secondary N) is 1. The van der Waals surface area contributed by atoms with E-state index < -0.39 is 0 Å². The lowest BCUT2D eigenvalue weighted by Gasteiger charge is -2.34. The molecule has 0 bridgehead atoms. The molecular formula is C19H38N2. The monoisotopic (exact) mass is 294 g/mol. The van der Waals surface area contributed by atoms with Crippen molar-refractivity contribution >= 4 is 0 Å². The molecule has 2 unspecified atom stereocenters. The topological polar surface area (TPSA) is 15.3 Å². The van der Waals surface area contributed by atoms with Crippen molar-refractivity contribution in [1.82, 2.24) is 10.2 Å². The normalized spacial score (nSPS) is 29.4. The van der Waals surface area contributed by atoms with Crippen molar-refractivity contribution in [1.29, 1.82) is 0 Å². The number of hydrogen-bond acceptors (Lipinski definition) is 2. The van der Waals surface area contributed by atoms with E-state index in [0.717, 1.165) is 18.0 Å². The molecule has 1 saturated heterocycles. The van der Waals surface area contributed by atoms with E-state index in [-0.39, 0.29) is 0 Å². The fourth-order valence-electron chi connectivity index (χ4n) is 4.28. The van der Waals surface area contributed by atoms with Crippen molar-refractivity contribution < 1.29 is 0 Å². The summed E-state index contributed by atoms with van der Waals surface area (Å²) < 4.78 is 0. The summed E-state index contributed by atoms with van der Waals surface area (Å²) in [5, 5.41) is 4.01. The minimum atomic E-state index is 0.801. The van der Waals surface area contributed by atoms with E-state index in [2.05, 4.69) is 24.1 Å².